The van der Waals surface area contributed by atoms with E-state index in [0.29, 0.717) is 5.69 Å². The molecule has 21 heavy (non-hydrogen) atoms. The molecule has 3 aromatic rings. The molecule has 0 saturated carbocycles. The Labute approximate surface area is 122 Å². The van der Waals surface area contributed by atoms with Crippen LogP contribution in [-0.2, 0) is 6.18 Å². The van der Waals surface area contributed by atoms with E-state index in [4.69, 9.17) is 0 Å². The van der Waals surface area contributed by atoms with Crippen molar-refractivity contribution >= 4 is 11.3 Å². The van der Waals surface area contributed by atoms with Crippen LogP contribution in [0.2, 0.25) is 0 Å². The maximum Gasteiger partial charge on any atom is 0.432 e. The largest absolute Gasteiger partial charge is 0.432 e. The minimum Gasteiger partial charge on any atom is -0.273 e. The van der Waals surface area contributed by atoms with Gasteiger partial charge in [0.1, 0.15) is 11.4 Å². The number of alkyl halides is 3. The summed E-state index contributed by atoms with van der Waals surface area (Å²) in [6, 6.07) is 6.54. The van der Waals surface area contributed by atoms with E-state index in [1.807, 2.05) is 29.5 Å². The van der Waals surface area contributed by atoms with Gasteiger partial charge < -0.3 is 0 Å². The highest BCUT2D eigenvalue weighted by atomic mass is 32.1. The van der Waals surface area contributed by atoms with E-state index < -0.39 is 11.9 Å². The third kappa shape index (κ3) is 2.82. The van der Waals surface area contributed by atoms with Gasteiger partial charge in [0, 0.05) is 11.1 Å². The zero-order valence-electron chi connectivity index (χ0n) is 10.9. The van der Waals surface area contributed by atoms with Gasteiger partial charge in [-0.05, 0) is 47.7 Å². The number of rotatable bonds is 2. The van der Waals surface area contributed by atoms with Gasteiger partial charge in [0.15, 0.2) is 0 Å². The summed E-state index contributed by atoms with van der Waals surface area (Å²) in [4.78, 5) is 5.26. The van der Waals surface area contributed by atoms with E-state index in [0.717, 1.165) is 17.2 Å². The van der Waals surface area contributed by atoms with Crippen molar-refractivity contribution in [1.82, 2.24) is 15.2 Å². The van der Waals surface area contributed by atoms with Crippen LogP contribution < -0.4 is 0 Å². The fraction of sp³-hybridized carbons (Fsp3) is 0.143. The topological polar surface area (TPSA) is 41.6 Å². The average molecular weight is 309 g/mol. The third-order valence-corrected chi connectivity index (χ3v) is 3.83. The zero-order valence-corrected chi connectivity index (χ0v) is 11.7. The van der Waals surface area contributed by atoms with Gasteiger partial charge in [-0.15, -0.1) is 11.3 Å². The summed E-state index contributed by atoms with van der Waals surface area (Å²) < 4.78 is 37.7. The van der Waals surface area contributed by atoms with E-state index in [9.17, 15) is 13.2 Å². The lowest BCUT2D eigenvalue weighted by Gasteiger charge is -2.01. The molecule has 0 atom stereocenters. The normalized spacial score (nSPS) is 11.8. The third-order valence-electron chi connectivity index (χ3n) is 2.97. The van der Waals surface area contributed by atoms with Crippen molar-refractivity contribution in [3.63, 3.8) is 0 Å². The summed E-state index contributed by atoms with van der Waals surface area (Å²) in [5.74, 6) is 0. The molecule has 3 heterocycles. The lowest BCUT2D eigenvalue weighted by atomic mass is 10.1. The van der Waals surface area contributed by atoms with Crippen molar-refractivity contribution in [1.29, 1.82) is 0 Å². The molecule has 3 rings (SSSR count). The first-order valence-corrected chi connectivity index (χ1v) is 6.96. The molecular formula is C14H10F3N3S. The van der Waals surface area contributed by atoms with Crippen LogP contribution >= 0.6 is 11.3 Å². The summed E-state index contributed by atoms with van der Waals surface area (Å²) in [7, 11) is 0. The van der Waals surface area contributed by atoms with E-state index in [1.54, 1.807) is 23.6 Å². The number of thiophene rings is 1. The number of nitrogens with zero attached hydrogens (tertiary/aromatic N) is 2. The lowest BCUT2D eigenvalue weighted by molar-refractivity contribution is -0.141. The van der Waals surface area contributed by atoms with Crippen LogP contribution in [0.1, 0.15) is 10.6 Å². The highest BCUT2D eigenvalue weighted by Crippen LogP contribution is 2.31. The van der Waals surface area contributed by atoms with Crippen molar-refractivity contribution < 1.29 is 13.2 Å². The van der Waals surface area contributed by atoms with Gasteiger partial charge in [-0.2, -0.15) is 18.3 Å². The molecule has 0 aliphatic rings. The van der Waals surface area contributed by atoms with Crippen LogP contribution in [0.5, 0.6) is 0 Å². The minimum absolute atomic E-state index is 0.177. The number of pyridine rings is 1. The Morgan fingerprint density at radius 1 is 1.10 bits per heavy atom. The highest BCUT2D eigenvalue weighted by Gasteiger charge is 2.33. The number of nitrogens with one attached hydrogen (secondary N) is 1. The van der Waals surface area contributed by atoms with Gasteiger partial charge in [0.25, 0.3) is 0 Å². The summed E-state index contributed by atoms with van der Waals surface area (Å²) in [5, 5.41) is 7.68. The first kappa shape index (κ1) is 13.8. The van der Waals surface area contributed by atoms with Gasteiger partial charge in [-0.25, -0.2) is 0 Å². The predicted molar refractivity (Wildman–Crippen MR) is 74.9 cm³/mol. The fourth-order valence-corrected chi connectivity index (χ4v) is 2.66. The highest BCUT2D eigenvalue weighted by molar-refractivity contribution is 7.10. The van der Waals surface area contributed by atoms with Crippen LogP contribution in [0.4, 0.5) is 13.2 Å². The Kier molecular flexibility index (Phi) is 3.29. The van der Waals surface area contributed by atoms with Crippen LogP contribution in [0, 0.1) is 6.92 Å². The SMILES string of the molecule is Cc1cc(-c2ccnc(-c3cc(C(F)(F)F)[nH]n3)c2)cs1. The second-order valence-electron chi connectivity index (χ2n) is 4.54. The number of halogens is 3. The first-order valence-electron chi connectivity index (χ1n) is 6.08. The lowest BCUT2D eigenvalue weighted by Crippen LogP contribution is -2.04. The Morgan fingerprint density at radius 2 is 1.90 bits per heavy atom. The Morgan fingerprint density at radius 3 is 2.52 bits per heavy atom. The number of H-pyrrole nitrogens is 1. The van der Waals surface area contributed by atoms with Crippen molar-refractivity contribution in [2.24, 2.45) is 0 Å². The number of hydrogen-bond donors (Lipinski definition) is 1. The molecule has 0 spiro atoms. The fourth-order valence-electron chi connectivity index (χ4n) is 1.94. The molecule has 0 aliphatic carbocycles. The summed E-state index contributed by atoms with van der Waals surface area (Å²) in [5.41, 5.74) is 1.63. The monoisotopic (exact) mass is 309 g/mol. The standard InChI is InChI=1S/C14H10F3N3S/c1-8-4-10(7-21-8)9-2-3-18-11(5-9)12-6-13(20-19-12)14(15,16)17/h2-7H,1H3,(H,19,20). The quantitative estimate of drug-likeness (QED) is 0.756. The molecule has 3 aromatic heterocycles. The van der Waals surface area contributed by atoms with Crippen LogP contribution in [0.25, 0.3) is 22.5 Å². The van der Waals surface area contributed by atoms with E-state index in [2.05, 4.69) is 10.1 Å². The molecule has 1 N–H and O–H groups in total. The van der Waals surface area contributed by atoms with Gasteiger partial charge in [-0.3, -0.25) is 10.1 Å². The van der Waals surface area contributed by atoms with Crippen LogP contribution in [0.15, 0.2) is 35.8 Å². The molecule has 0 unspecified atom stereocenters. The summed E-state index contributed by atoms with van der Waals surface area (Å²) in [6.45, 7) is 2.00. The number of aromatic nitrogens is 3. The van der Waals surface area contributed by atoms with Gasteiger partial charge >= 0.3 is 6.18 Å². The second kappa shape index (κ2) is 5.00. The van der Waals surface area contributed by atoms with Crippen molar-refractivity contribution in [2.75, 3.05) is 0 Å². The van der Waals surface area contributed by atoms with Gasteiger partial charge in [0.2, 0.25) is 0 Å². The predicted octanol–water partition coefficient (Wildman–Crippen LogP) is 4.53. The average Bonchev–Trinajstić information content (AvgIpc) is 3.07. The second-order valence-corrected chi connectivity index (χ2v) is 5.66. The summed E-state index contributed by atoms with van der Waals surface area (Å²) in [6.07, 6.45) is -2.87. The van der Waals surface area contributed by atoms with E-state index in [-0.39, 0.29) is 5.69 Å². The van der Waals surface area contributed by atoms with E-state index >= 15 is 0 Å². The van der Waals surface area contributed by atoms with Crippen LogP contribution in [0.3, 0.4) is 0 Å². The van der Waals surface area contributed by atoms with Crippen molar-refractivity contribution in [3.05, 3.63) is 46.4 Å². The molecule has 0 bridgehead atoms. The molecule has 7 heteroatoms. The molecule has 0 aromatic carbocycles. The smallest absolute Gasteiger partial charge is 0.273 e. The van der Waals surface area contributed by atoms with E-state index in [1.165, 1.54) is 4.88 Å². The molecule has 0 amide bonds. The van der Waals surface area contributed by atoms with Gasteiger partial charge in [0.05, 0.1) is 5.69 Å². The summed E-state index contributed by atoms with van der Waals surface area (Å²) >= 11 is 1.62. The zero-order chi connectivity index (χ0) is 15.0. The molecule has 0 aliphatic heterocycles. The van der Waals surface area contributed by atoms with Crippen LogP contribution in [-0.4, -0.2) is 15.2 Å². The number of aryl methyl sites for hydroxylation is 1. The first-order chi connectivity index (χ1) is 9.93. The Hall–Kier alpha value is -2.15. The number of aromatic amines is 1. The molecule has 0 saturated heterocycles. The van der Waals surface area contributed by atoms with Crippen molar-refractivity contribution in [2.45, 2.75) is 13.1 Å². The Bertz CT molecular complexity index is 774. The van der Waals surface area contributed by atoms with Gasteiger partial charge in [-0.1, -0.05) is 0 Å². The molecule has 0 radical (unpaired) electrons. The minimum atomic E-state index is -4.44. The number of hydrogen-bond acceptors (Lipinski definition) is 3. The Balaban J connectivity index is 1.98. The molecule has 0 fully saturated rings. The molecule has 108 valence electrons. The molecular weight excluding hydrogens is 299 g/mol. The maximum atomic E-state index is 12.6. The molecule has 3 nitrogen and oxygen atoms in total. The maximum absolute atomic E-state index is 12.6. The van der Waals surface area contributed by atoms with Crippen molar-refractivity contribution in [3.8, 4) is 22.5 Å².